The Hall–Kier alpha value is -0.130. The summed E-state index contributed by atoms with van der Waals surface area (Å²) in [5.41, 5.74) is 0. The van der Waals surface area contributed by atoms with Crippen molar-refractivity contribution in [1.82, 2.24) is 0 Å². The van der Waals surface area contributed by atoms with Crippen LogP contribution >= 0.6 is 0 Å². The zero-order valence-electron chi connectivity index (χ0n) is 21.9. The van der Waals surface area contributed by atoms with E-state index in [0.717, 1.165) is 0 Å². The molecule has 4 nitrogen and oxygen atoms in total. The van der Waals surface area contributed by atoms with Crippen LogP contribution in [-0.4, -0.2) is 50.4 Å². The van der Waals surface area contributed by atoms with E-state index in [1.54, 1.807) is 0 Å². The Morgan fingerprint density at radius 3 is 0.935 bits per heavy atom. The van der Waals surface area contributed by atoms with Crippen LogP contribution in [0.4, 0.5) is 0 Å². The van der Waals surface area contributed by atoms with E-state index < -0.39 is 10.1 Å². The van der Waals surface area contributed by atoms with Crippen LogP contribution < -0.4 is 0 Å². The molecule has 0 saturated carbocycles. The summed E-state index contributed by atoms with van der Waals surface area (Å²) in [7, 11) is -1.36. The van der Waals surface area contributed by atoms with Gasteiger partial charge in [0, 0.05) is 6.26 Å². The monoisotopic (exact) mass is 463 g/mol. The Balaban J connectivity index is 0. The highest BCUT2D eigenvalue weighted by Gasteiger charge is 2.20. The van der Waals surface area contributed by atoms with Gasteiger partial charge in [-0.05, 0) is 38.5 Å². The second kappa shape index (κ2) is 23.0. The molecule has 0 aliphatic carbocycles. The maximum Gasteiger partial charge on any atom is 0.0916 e. The van der Waals surface area contributed by atoms with Gasteiger partial charge < -0.3 is 9.04 Å². The molecule has 5 heteroatoms. The van der Waals surface area contributed by atoms with Crippen LogP contribution in [0.2, 0.25) is 0 Å². The van der Waals surface area contributed by atoms with E-state index in [1.807, 2.05) is 0 Å². The SMILES string of the molecule is CCCCCCCC[N+](C)(CCCCCCCC)CCCCCCCC.CS(=O)(=O)[O-]. The van der Waals surface area contributed by atoms with Gasteiger partial charge in [-0.15, -0.1) is 0 Å². The predicted molar refractivity (Wildman–Crippen MR) is 137 cm³/mol. The molecule has 0 rings (SSSR count). The summed E-state index contributed by atoms with van der Waals surface area (Å²) in [5.74, 6) is 0. The zero-order valence-corrected chi connectivity index (χ0v) is 22.7. The molecule has 0 heterocycles. The topological polar surface area (TPSA) is 57.2 Å². The fourth-order valence-corrected chi connectivity index (χ4v) is 4.16. The number of nitrogens with zero attached hydrogens (tertiary/aromatic N) is 1. The molecule has 0 amide bonds. The first kappa shape index (κ1) is 33.0. The number of unbranched alkanes of at least 4 members (excludes halogenated alkanes) is 15. The molecule has 0 atom stereocenters. The lowest BCUT2D eigenvalue weighted by atomic mass is 10.1. The minimum absolute atomic E-state index is 0.604. The van der Waals surface area contributed by atoms with Crippen molar-refractivity contribution in [2.75, 3.05) is 32.9 Å². The first-order valence-corrected chi connectivity index (χ1v) is 15.2. The molecule has 0 spiro atoms. The average Bonchev–Trinajstić information content (AvgIpc) is 2.69. The molecule has 0 saturated heterocycles. The molecule has 0 bridgehead atoms. The van der Waals surface area contributed by atoms with Crippen LogP contribution in [0.3, 0.4) is 0 Å². The van der Waals surface area contributed by atoms with Gasteiger partial charge in [-0.25, -0.2) is 8.42 Å². The Labute approximate surface area is 196 Å². The van der Waals surface area contributed by atoms with Crippen LogP contribution in [-0.2, 0) is 10.1 Å². The largest absolute Gasteiger partial charge is 0.748 e. The maximum atomic E-state index is 9.08. The summed E-state index contributed by atoms with van der Waals surface area (Å²) in [4.78, 5) is 0. The third kappa shape index (κ3) is 32.1. The first-order valence-electron chi connectivity index (χ1n) is 13.4. The lowest BCUT2D eigenvalue weighted by molar-refractivity contribution is -0.910. The fraction of sp³-hybridized carbons (Fsp3) is 1.00. The summed E-state index contributed by atoms with van der Waals surface area (Å²) in [6, 6.07) is 0. The third-order valence-corrected chi connectivity index (χ3v) is 6.15. The Kier molecular flexibility index (Phi) is 24.6. The van der Waals surface area contributed by atoms with E-state index in [4.69, 9.17) is 13.0 Å². The Morgan fingerprint density at radius 2 is 0.710 bits per heavy atom. The van der Waals surface area contributed by atoms with E-state index >= 15 is 0 Å². The van der Waals surface area contributed by atoms with Gasteiger partial charge in [0.1, 0.15) is 0 Å². The standard InChI is InChI=1S/C25H54N.CH4O3S/c1-5-8-11-14-17-20-23-26(4,24-21-18-15-12-9-6-2)25-22-19-16-13-10-7-3;1-5(2,3)4/h5-25H2,1-4H3;1H3,(H,2,3,4)/q+1;/p-1. The fourth-order valence-electron chi connectivity index (χ4n) is 4.16. The van der Waals surface area contributed by atoms with E-state index in [0.29, 0.717) is 6.26 Å². The van der Waals surface area contributed by atoms with Crippen molar-refractivity contribution >= 4 is 10.1 Å². The summed E-state index contributed by atoms with van der Waals surface area (Å²) >= 11 is 0. The van der Waals surface area contributed by atoms with Gasteiger partial charge in [0.2, 0.25) is 0 Å². The van der Waals surface area contributed by atoms with Gasteiger partial charge in [0.15, 0.2) is 0 Å². The van der Waals surface area contributed by atoms with Crippen LogP contribution in [0.25, 0.3) is 0 Å². The summed E-state index contributed by atoms with van der Waals surface area (Å²) < 4.78 is 28.6. The Bertz CT molecular complexity index is 403. The highest BCUT2D eigenvalue weighted by Crippen LogP contribution is 2.16. The van der Waals surface area contributed by atoms with Gasteiger partial charge in [0.05, 0.1) is 36.8 Å². The van der Waals surface area contributed by atoms with Gasteiger partial charge >= 0.3 is 0 Å². The van der Waals surface area contributed by atoms with Crippen molar-refractivity contribution in [3.63, 3.8) is 0 Å². The molecule has 0 aromatic heterocycles. The number of rotatable bonds is 21. The van der Waals surface area contributed by atoms with Crippen molar-refractivity contribution in [3.05, 3.63) is 0 Å². The molecular formula is C26H57NO3S. The molecule has 0 aromatic rings. The molecule has 0 aromatic carbocycles. The molecule has 0 fully saturated rings. The van der Waals surface area contributed by atoms with Crippen molar-refractivity contribution in [2.45, 2.75) is 136 Å². The van der Waals surface area contributed by atoms with Gasteiger partial charge in [0.25, 0.3) is 0 Å². The van der Waals surface area contributed by atoms with Crippen LogP contribution in [0, 0.1) is 0 Å². The van der Waals surface area contributed by atoms with Gasteiger partial charge in [-0.3, -0.25) is 0 Å². The zero-order chi connectivity index (χ0) is 23.8. The minimum Gasteiger partial charge on any atom is -0.748 e. The summed E-state index contributed by atoms with van der Waals surface area (Å²) in [6.07, 6.45) is 26.5. The summed E-state index contributed by atoms with van der Waals surface area (Å²) in [6.45, 7) is 11.2. The molecule has 0 radical (unpaired) electrons. The van der Waals surface area contributed by atoms with Crippen molar-refractivity contribution < 1.29 is 17.5 Å². The second-order valence-corrected chi connectivity index (χ2v) is 11.2. The number of hydrogen-bond acceptors (Lipinski definition) is 3. The average molecular weight is 464 g/mol. The Morgan fingerprint density at radius 1 is 0.516 bits per heavy atom. The molecule has 0 aliphatic rings. The molecule has 0 aliphatic heterocycles. The highest BCUT2D eigenvalue weighted by atomic mass is 32.2. The molecule has 31 heavy (non-hydrogen) atoms. The van der Waals surface area contributed by atoms with E-state index in [-0.39, 0.29) is 0 Å². The number of hydrogen-bond donors (Lipinski definition) is 0. The third-order valence-electron chi connectivity index (χ3n) is 6.15. The molecule has 0 unspecified atom stereocenters. The predicted octanol–water partition coefficient (Wildman–Crippen LogP) is 7.68. The summed E-state index contributed by atoms with van der Waals surface area (Å²) in [5, 5.41) is 0. The van der Waals surface area contributed by atoms with E-state index in [1.165, 1.54) is 140 Å². The van der Waals surface area contributed by atoms with Crippen LogP contribution in [0.5, 0.6) is 0 Å². The number of quaternary nitrogens is 1. The van der Waals surface area contributed by atoms with Crippen LogP contribution in [0.1, 0.15) is 136 Å². The van der Waals surface area contributed by atoms with Gasteiger partial charge in [-0.1, -0.05) is 97.8 Å². The normalized spacial score (nSPS) is 11.9. The molecule has 190 valence electrons. The quantitative estimate of drug-likeness (QED) is 0.0996. The van der Waals surface area contributed by atoms with Gasteiger partial charge in [-0.2, -0.15) is 0 Å². The van der Waals surface area contributed by atoms with Crippen molar-refractivity contribution in [3.8, 4) is 0 Å². The maximum absolute atomic E-state index is 9.08. The van der Waals surface area contributed by atoms with Crippen LogP contribution in [0.15, 0.2) is 0 Å². The van der Waals surface area contributed by atoms with E-state index in [9.17, 15) is 0 Å². The lowest BCUT2D eigenvalue weighted by Crippen LogP contribution is -2.46. The highest BCUT2D eigenvalue weighted by molar-refractivity contribution is 7.84. The lowest BCUT2D eigenvalue weighted by Gasteiger charge is -2.35. The van der Waals surface area contributed by atoms with E-state index in [2.05, 4.69) is 27.8 Å². The second-order valence-electron chi connectivity index (χ2n) is 9.80. The smallest absolute Gasteiger partial charge is 0.0916 e. The van der Waals surface area contributed by atoms with Crippen molar-refractivity contribution in [2.24, 2.45) is 0 Å². The van der Waals surface area contributed by atoms with Crippen molar-refractivity contribution in [1.29, 1.82) is 0 Å². The minimum atomic E-state index is -3.92. The molecular weight excluding hydrogens is 406 g/mol. The molecule has 0 N–H and O–H groups in total. The first-order chi connectivity index (χ1) is 14.7.